The van der Waals surface area contributed by atoms with Crippen LogP contribution in [0.5, 0.6) is 5.75 Å². The number of phenolic OH excluding ortho intramolecular Hbond substituents is 1. The van der Waals surface area contributed by atoms with Crippen LogP contribution in [0, 0.1) is 18.8 Å². The number of carbonyl (C=O) groups is 2. The van der Waals surface area contributed by atoms with E-state index in [1.165, 1.54) is 12.5 Å². The summed E-state index contributed by atoms with van der Waals surface area (Å²) in [5, 5.41) is 12.8. The van der Waals surface area contributed by atoms with Gasteiger partial charge in [0, 0.05) is 6.04 Å². The van der Waals surface area contributed by atoms with Gasteiger partial charge in [-0.15, -0.1) is 0 Å². The van der Waals surface area contributed by atoms with E-state index in [2.05, 4.69) is 19.2 Å². The molecular weight excluding hydrogens is 294 g/mol. The van der Waals surface area contributed by atoms with Crippen molar-refractivity contribution in [2.24, 2.45) is 11.8 Å². The Morgan fingerprint density at radius 3 is 2.78 bits per heavy atom. The molecule has 0 saturated heterocycles. The third kappa shape index (κ3) is 4.24. The molecule has 1 aromatic carbocycles. The Morgan fingerprint density at radius 2 is 2.04 bits per heavy atom. The molecule has 1 aliphatic rings. The van der Waals surface area contributed by atoms with Crippen molar-refractivity contribution in [1.29, 1.82) is 0 Å². The summed E-state index contributed by atoms with van der Waals surface area (Å²) in [7, 11) is 0. The molecule has 2 N–H and O–H groups in total. The SMILES string of the molecule is Cc1cccc(C(=O)OCC(=O)N[C@H]2CCC[C@@H](C)[C@H]2C)c1O. The van der Waals surface area contributed by atoms with Crippen LogP contribution < -0.4 is 5.32 Å². The van der Waals surface area contributed by atoms with Crippen LogP contribution in [-0.2, 0) is 9.53 Å². The maximum absolute atomic E-state index is 12.0. The minimum atomic E-state index is -0.689. The van der Waals surface area contributed by atoms with E-state index in [9.17, 15) is 14.7 Å². The molecule has 1 aliphatic carbocycles. The zero-order chi connectivity index (χ0) is 17.0. The van der Waals surface area contributed by atoms with Crippen LogP contribution in [0.4, 0.5) is 0 Å². The summed E-state index contributed by atoms with van der Waals surface area (Å²) in [6, 6.07) is 4.98. The van der Waals surface area contributed by atoms with Crippen LogP contribution in [0.25, 0.3) is 0 Å². The highest BCUT2D eigenvalue weighted by Gasteiger charge is 2.28. The van der Waals surface area contributed by atoms with Crippen molar-refractivity contribution in [3.63, 3.8) is 0 Å². The lowest BCUT2D eigenvalue weighted by molar-refractivity contribution is -0.125. The number of rotatable bonds is 4. The van der Waals surface area contributed by atoms with Crippen molar-refractivity contribution in [3.05, 3.63) is 29.3 Å². The van der Waals surface area contributed by atoms with E-state index >= 15 is 0 Å². The Bertz CT molecular complexity index is 584. The average Bonchev–Trinajstić information content (AvgIpc) is 2.52. The van der Waals surface area contributed by atoms with Gasteiger partial charge in [-0.2, -0.15) is 0 Å². The molecule has 0 bridgehead atoms. The second-order valence-corrected chi connectivity index (χ2v) is 6.49. The van der Waals surface area contributed by atoms with E-state index in [-0.39, 0.29) is 29.9 Å². The van der Waals surface area contributed by atoms with Crippen LogP contribution in [-0.4, -0.2) is 29.6 Å². The Balaban J connectivity index is 1.86. The van der Waals surface area contributed by atoms with Crippen LogP contribution in [0.15, 0.2) is 18.2 Å². The number of carbonyl (C=O) groups excluding carboxylic acids is 2. The van der Waals surface area contributed by atoms with Gasteiger partial charge in [0.25, 0.3) is 5.91 Å². The minimum absolute atomic E-state index is 0.0810. The van der Waals surface area contributed by atoms with E-state index in [0.29, 0.717) is 17.4 Å². The van der Waals surface area contributed by atoms with Gasteiger partial charge in [0.1, 0.15) is 11.3 Å². The van der Waals surface area contributed by atoms with Gasteiger partial charge in [0.15, 0.2) is 6.61 Å². The van der Waals surface area contributed by atoms with E-state index in [1.807, 2.05) is 0 Å². The van der Waals surface area contributed by atoms with E-state index in [0.717, 1.165) is 12.8 Å². The standard InChI is InChI=1S/C18H25NO4/c1-11-6-5-9-15(13(11)3)19-16(20)10-23-18(22)14-8-4-7-12(2)17(14)21/h4,7-8,11,13,15,21H,5-6,9-10H2,1-3H3,(H,19,20)/t11-,13-,15+/m1/s1. The van der Waals surface area contributed by atoms with Crippen LogP contribution in [0.3, 0.4) is 0 Å². The van der Waals surface area contributed by atoms with Gasteiger partial charge in [-0.1, -0.05) is 38.8 Å². The van der Waals surface area contributed by atoms with Crippen LogP contribution in [0.1, 0.15) is 49.0 Å². The van der Waals surface area contributed by atoms with Gasteiger partial charge in [-0.25, -0.2) is 4.79 Å². The Hall–Kier alpha value is -2.04. The molecule has 0 aliphatic heterocycles. The van der Waals surface area contributed by atoms with Crippen molar-refractivity contribution in [1.82, 2.24) is 5.32 Å². The smallest absolute Gasteiger partial charge is 0.342 e. The number of ether oxygens (including phenoxy) is 1. The molecule has 0 aromatic heterocycles. The van der Waals surface area contributed by atoms with E-state index < -0.39 is 5.97 Å². The quantitative estimate of drug-likeness (QED) is 0.837. The number of benzene rings is 1. The number of nitrogens with one attached hydrogen (secondary N) is 1. The summed E-state index contributed by atoms with van der Waals surface area (Å²) in [6.45, 7) is 5.71. The summed E-state index contributed by atoms with van der Waals surface area (Å²) in [5.74, 6) is -0.0828. The largest absolute Gasteiger partial charge is 0.507 e. The molecular formula is C18H25NO4. The number of aromatic hydroxyl groups is 1. The zero-order valence-corrected chi connectivity index (χ0v) is 14.0. The first-order chi connectivity index (χ1) is 10.9. The highest BCUT2D eigenvalue weighted by atomic mass is 16.5. The van der Waals surface area contributed by atoms with Gasteiger partial charge >= 0.3 is 5.97 Å². The van der Waals surface area contributed by atoms with Gasteiger partial charge in [-0.05, 0) is 36.8 Å². The summed E-state index contributed by atoms with van der Waals surface area (Å²) < 4.78 is 5.02. The Morgan fingerprint density at radius 1 is 1.30 bits per heavy atom. The lowest BCUT2D eigenvalue weighted by atomic mass is 9.78. The Labute approximate surface area is 137 Å². The molecule has 2 rings (SSSR count). The van der Waals surface area contributed by atoms with Gasteiger partial charge in [-0.3, -0.25) is 4.79 Å². The predicted molar refractivity (Wildman–Crippen MR) is 87.2 cm³/mol. The van der Waals surface area contributed by atoms with Crippen molar-refractivity contribution in [2.45, 2.75) is 46.1 Å². The Kier molecular flexibility index (Phi) is 5.64. The van der Waals surface area contributed by atoms with Gasteiger partial charge in [0.05, 0.1) is 0 Å². The van der Waals surface area contributed by atoms with Crippen LogP contribution >= 0.6 is 0 Å². The summed E-state index contributed by atoms with van der Waals surface area (Å²) in [6.07, 6.45) is 3.26. The van der Waals surface area contributed by atoms with Crippen LogP contribution in [0.2, 0.25) is 0 Å². The number of para-hydroxylation sites is 1. The maximum atomic E-state index is 12.0. The number of aryl methyl sites for hydroxylation is 1. The summed E-state index contributed by atoms with van der Waals surface area (Å²) in [4.78, 5) is 24.0. The average molecular weight is 319 g/mol. The molecule has 1 saturated carbocycles. The monoisotopic (exact) mass is 319 g/mol. The first-order valence-electron chi connectivity index (χ1n) is 8.15. The molecule has 3 atom stereocenters. The highest BCUT2D eigenvalue weighted by molar-refractivity contribution is 5.94. The van der Waals surface area contributed by atoms with Gasteiger partial charge in [0.2, 0.25) is 0 Å². The molecule has 0 unspecified atom stereocenters. The number of amides is 1. The molecule has 0 radical (unpaired) electrons. The fourth-order valence-corrected chi connectivity index (χ4v) is 3.07. The number of esters is 1. The number of hydrogen-bond acceptors (Lipinski definition) is 4. The summed E-state index contributed by atoms with van der Waals surface area (Å²) in [5.41, 5.74) is 0.673. The molecule has 126 valence electrons. The third-order valence-electron chi connectivity index (χ3n) is 4.85. The van der Waals surface area contributed by atoms with Crippen molar-refractivity contribution >= 4 is 11.9 Å². The van der Waals surface area contributed by atoms with Crippen molar-refractivity contribution in [2.75, 3.05) is 6.61 Å². The fraction of sp³-hybridized carbons (Fsp3) is 0.556. The topological polar surface area (TPSA) is 75.6 Å². The normalized spacial score (nSPS) is 24.0. The third-order valence-corrected chi connectivity index (χ3v) is 4.85. The molecule has 1 aromatic rings. The molecule has 23 heavy (non-hydrogen) atoms. The number of phenols is 1. The fourth-order valence-electron chi connectivity index (χ4n) is 3.07. The molecule has 1 fully saturated rings. The first-order valence-corrected chi connectivity index (χ1v) is 8.15. The second kappa shape index (κ2) is 7.49. The van der Waals surface area contributed by atoms with E-state index in [1.54, 1.807) is 19.1 Å². The highest BCUT2D eigenvalue weighted by Crippen LogP contribution is 2.29. The van der Waals surface area contributed by atoms with Gasteiger partial charge < -0.3 is 15.2 Å². The predicted octanol–water partition coefficient (Wildman–Crippen LogP) is 2.80. The second-order valence-electron chi connectivity index (χ2n) is 6.49. The number of hydrogen-bond donors (Lipinski definition) is 2. The summed E-state index contributed by atoms with van der Waals surface area (Å²) >= 11 is 0. The minimum Gasteiger partial charge on any atom is -0.507 e. The molecule has 1 amide bonds. The van der Waals surface area contributed by atoms with E-state index in [4.69, 9.17) is 4.74 Å². The maximum Gasteiger partial charge on any atom is 0.342 e. The molecule has 0 heterocycles. The van der Waals surface area contributed by atoms with Crippen molar-refractivity contribution in [3.8, 4) is 5.75 Å². The first kappa shape index (κ1) is 17.3. The molecule has 0 spiro atoms. The molecule has 5 heteroatoms. The van der Waals surface area contributed by atoms with Crippen molar-refractivity contribution < 1.29 is 19.4 Å². The lowest BCUT2D eigenvalue weighted by Crippen LogP contribution is -2.45. The lowest BCUT2D eigenvalue weighted by Gasteiger charge is -2.34. The molecule has 5 nitrogen and oxygen atoms in total. The zero-order valence-electron chi connectivity index (χ0n) is 14.0.